The van der Waals surface area contributed by atoms with E-state index >= 15 is 0 Å². The molecule has 0 N–H and O–H groups in total. The van der Waals surface area contributed by atoms with Crippen LogP contribution < -0.4 is 0 Å². The second-order valence-corrected chi connectivity index (χ2v) is 23.7. The molecule has 0 saturated carbocycles. The zero-order chi connectivity index (χ0) is 29.0. The molecule has 0 fully saturated rings. The molecule has 38 heavy (non-hydrogen) atoms. The number of aldehydes is 2. The summed E-state index contributed by atoms with van der Waals surface area (Å²) in [5.41, 5.74) is 3.62. The van der Waals surface area contributed by atoms with Gasteiger partial charge in [-0.3, -0.25) is 9.59 Å². The number of ether oxygens (including phenoxy) is 1. The normalized spacial score (nSPS) is 18.8. The van der Waals surface area contributed by atoms with Crippen LogP contribution in [0.5, 0.6) is 0 Å². The Morgan fingerprint density at radius 2 is 1.18 bits per heavy atom. The van der Waals surface area contributed by atoms with Crippen molar-refractivity contribution in [2.24, 2.45) is 0 Å². The van der Waals surface area contributed by atoms with E-state index in [0.29, 0.717) is 57.8 Å². The average Bonchev–Trinajstić information content (AvgIpc) is 3.39. The number of carbonyl (C=O) groups is 2. The Balaban J connectivity index is 2.48. The number of hydrogen-bond acceptors (Lipinski definition) is 5. The maximum Gasteiger partial charge on any atom is 0.201 e. The van der Waals surface area contributed by atoms with E-state index in [2.05, 4.69) is 89.2 Å². The van der Waals surface area contributed by atoms with Crippen molar-refractivity contribution in [2.75, 3.05) is 6.61 Å². The molecule has 1 aliphatic rings. The van der Waals surface area contributed by atoms with E-state index in [9.17, 15) is 9.59 Å². The highest BCUT2D eigenvalue weighted by Gasteiger charge is 2.50. The van der Waals surface area contributed by atoms with E-state index in [0.717, 1.165) is 18.3 Å². The summed E-state index contributed by atoms with van der Waals surface area (Å²) in [5.74, 6) is 0.719. The largest absolute Gasteiger partial charge is 0.488 e. The minimum absolute atomic E-state index is 0.239. The standard InChI is InChI=1S/C30H53NO5Si2/c1-20(2)37(21(3)4,22(5)6)34-19-30-29(36-38(23(7)8,24(9)10)25(11)12)15-28(35-30)16-31-26(17-32)13-14-27(31)18-33/h13-15,17-18,20-25,29-30H,16,19H2,1-12H3/t29-,30+/m0/s1. The Bertz CT molecular complexity index is 895. The fourth-order valence-electron chi connectivity index (χ4n) is 7.33. The molecule has 0 radical (unpaired) electrons. The van der Waals surface area contributed by atoms with Crippen molar-refractivity contribution in [3.8, 4) is 0 Å². The van der Waals surface area contributed by atoms with Crippen molar-refractivity contribution in [2.45, 2.75) is 135 Å². The van der Waals surface area contributed by atoms with Gasteiger partial charge in [0.2, 0.25) is 16.6 Å². The molecule has 1 aromatic rings. The molecule has 0 amide bonds. The van der Waals surface area contributed by atoms with Crippen molar-refractivity contribution in [3.63, 3.8) is 0 Å². The van der Waals surface area contributed by atoms with Crippen LogP contribution >= 0.6 is 0 Å². The quantitative estimate of drug-likeness (QED) is 0.159. The third-order valence-electron chi connectivity index (χ3n) is 8.88. The molecular weight excluding hydrogens is 511 g/mol. The Labute approximate surface area is 233 Å². The van der Waals surface area contributed by atoms with Crippen molar-refractivity contribution in [3.05, 3.63) is 35.4 Å². The predicted octanol–water partition coefficient (Wildman–Crippen LogP) is 8.15. The maximum atomic E-state index is 11.6. The molecule has 0 aromatic carbocycles. The van der Waals surface area contributed by atoms with Crippen LogP contribution in [0, 0.1) is 0 Å². The van der Waals surface area contributed by atoms with E-state index in [1.54, 1.807) is 16.7 Å². The first-order valence-electron chi connectivity index (χ1n) is 14.5. The van der Waals surface area contributed by atoms with Crippen molar-refractivity contribution in [1.82, 2.24) is 4.57 Å². The number of rotatable bonds is 15. The Morgan fingerprint density at radius 3 is 1.55 bits per heavy atom. The van der Waals surface area contributed by atoms with E-state index in [1.165, 1.54) is 0 Å². The highest BCUT2D eigenvalue weighted by molar-refractivity contribution is 6.78. The lowest BCUT2D eigenvalue weighted by molar-refractivity contribution is 0.0145. The lowest BCUT2D eigenvalue weighted by Crippen LogP contribution is -2.53. The second kappa shape index (κ2) is 13.2. The van der Waals surface area contributed by atoms with Gasteiger partial charge in [-0.05, 0) is 51.5 Å². The van der Waals surface area contributed by atoms with Gasteiger partial charge >= 0.3 is 0 Å². The van der Waals surface area contributed by atoms with Gasteiger partial charge in [-0.1, -0.05) is 83.1 Å². The van der Waals surface area contributed by atoms with Crippen molar-refractivity contribution < 1.29 is 23.2 Å². The zero-order valence-electron chi connectivity index (χ0n) is 25.9. The lowest BCUT2D eigenvalue weighted by atomic mass is 10.2. The topological polar surface area (TPSA) is 66.8 Å². The third kappa shape index (κ3) is 6.29. The van der Waals surface area contributed by atoms with Crippen molar-refractivity contribution >= 4 is 29.2 Å². The van der Waals surface area contributed by atoms with Gasteiger partial charge in [-0.25, -0.2) is 0 Å². The molecule has 1 aromatic heterocycles. The number of carbonyl (C=O) groups excluding carboxylic acids is 2. The summed E-state index contributed by atoms with van der Waals surface area (Å²) in [4.78, 5) is 23.3. The highest BCUT2D eigenvalue weighted by atomic mass is 28.4. The first kappa shape index (κ1) is 32.7. The molecular formula is C30H53NO5Si2. The second-order valence-electron chi connectivity index (χ2n) is 12.8. The minimum Gasteiger partial charge on any atom is -0.488 e. The summed E-state index contributed by atoms with van der Waals surface area (Å²) in [6.45, 7) is 28.3. The van der Waals surface area contributed by atoms with E-state index < -0.39 is 16.6 Å². The maximum absolute atomic E-state index is 11.6. The van der Waals surface area contributed by atoms with Crippen LogP contribution in [0.3, 0.4) is 0 Å². The predicted molar refractivity (Wildman–Crippen MR) is 161 cm³/mol. The van der Waals surface area contributed by atoms with Gasteiger partial charge in [-0.15, -0.1) is 0 Å². The molecule has 8 heteroatoms. The fraction of sp³-hybridized carbons (Fsp3) is 0.733. The molecule has 6 nitrogen and oxygen atoms in total. The highest BCUT2D eigenvalue weighted by Crippen LogP contribution is 2.46. The van der Waals surface area contributed by atoms with Crippen LogP contribution in [-0.2, 0) is 20.1 Å². The molecule has 2 rings (SSSR count). The van der Waals surface area contributed by atoms with Gasteiger partial charge in [0.25, 0.3) is 0 Å². The number of nitrogens with zero attached hydrogens (tertiary/aromatic N) is 1. The molecule has 216 valence electrons. The third-order valence-corrected chi connectivity index (χ3v) is 21.1. The van der Waals surface area contributed by atoms with Gasteiger partial charge in [0, 0.05) is 0 Å². The summed E-state index contributed by atoms with van der Waals surface area (Å²) >= 11 is 0. The smallest absolute Gasteiger partial charge is 0.201 e. The Hall–Kier alpha value is -1.49. The summed E-state index contributed by atoms with van der Waals surface area (Å²) in [7, 11) is -4.32. The molecule has 0 bridgehead atoms. The van der Waals surface area contributed by atoms with Crippen LogP contribution in [0.4, 0.5) is 0 Å². The van der Waals surface area contributed by atoms with Gasteiger partial charge in [0.05, 0.1) is 24.5 Å². The number of aromatic nitrogens is 1. The van der Waals surface area contributed by atoms with Crippen LogP contribution in [0.1, 0.15) is 104 Å². The number of hydrogen-bond donors (Lipinski definition) is 0. The fourth-order valence-corrected chi connectivity index (χ4v) is 18.3. The summed E-state index contributed by atoms with van der Waals surface area (Å²) in [5, 5.41) is 0. The van der Waals surface area contributed by atoms with E-state index in [4.69, 9.17) is 13.6 Å². The number of allylic oxidation sites excluding steroid dienone is 1. The van der Waals surface area contributed by atoms with Crippen molar-refractivity contribution in [1.29, 1.82) is 0 Å². The zero-order valence-corrected chi connectivity index (χ0v) is 27.9. The van der Waals surface area contributed by atoms with Crippen LogP contribution in [-0.4, -0.2) is 52.6 Å². The Kier molecular flexibility index (Phi) is 11.4. The molecule has 0 saturated heterocycles. The molecule has 2 heterocycles. The summed E-state index contributed by atoms with van der Waals surface area (Å²) < 4.78 is 22.5. The lowest BCUT2D eigenvalue weighted by Gasteiger charge is -2.45. The molecule has 0 unspecified atom stereocenters. The van der Waals surface area contributed by atoms with Crippen LogP contribution in [0.2, 0.25) is 33.2 Å². The molecule has 0 aliphatic carbocycles. The monoisotopic (exact) mass is 563 g/mol. The molecule has 2 atom stereocenters. The van der Waals surface area contributed by atoms with Gasteiger partial charge in [0.1, 0.15) is 18.0 Å². The summed E-state index contributed by atoms with van der Waals surface area (Å²) in [6.07, 6.45) is 3.12. The minimum atomic E-state index is -2.21. The SMILES string of the molecule is CC(C)[Si](OC[C@H]1OC(Cn2c(C=O)ccc2C=O)=C[C@@H]1O[Si](C(C)C)(C(C)C)C(C)C)(C(C)C)C(C)C. The first-order valence-corrected chi connectivity index (χ1v) is 18.8. The van der Waals surface area contributed by atoms with Crippen LogP contribution in [0.15, 0.2) is 24.0 Å². The Morgan fingerprint density at radius 1 is 0.763 bits per heavy atom. The van der Waals surface area contributed by atoms with Gasteiger partial charge < -0.3 is 18.2 Å². The van der Waals surface area contributed by atoms with E-state index in [1.807, 2.05) is 0 Å². The first-order chi connectivity index (χ1) is 17.7. The van der Waals surface area contributed by atoms with Gasteiger partial charge in [0.15, 0.2) is 12.6 Å². The average molecular weight is 564 g/mol. The molecule has 0 spiro atoms. The van der Waals surface area contributed by atoms with E-state index in [-0.39, 0.29) is 12.2 Å². The molecule has 1 aliphatic heterocycles. The van der Waals surface area contributed by atoms with Gasteiger partial charge in [-0.2, -0.15) is 0 Å². The summed E-state index contributed by atoms with van der Waals surface area (Å²) in [6, 6.07) is 3.34. The van der Waals surface area contributed by atoms with Crippen LogP contribution in [0.25, 0.3) is 0 Å².